The van der Waals surface area contributed by atoms with E-state index in [9.17, 15) is 4.39 Å². The van der Waals surface area contributed by atoms with Crippen LogP contribution in [0.15, 0.2) is 42.5 Å². The fourth-order valence-corrected chi connectivity index (χ4v) is 1.59. The molecule has 0 saturated heterocycles. The summed E-state index contributed by atoms with van der Waals surface area (Å²) in [5, 5.41) is 0. The molecule has 0 aliphatic heterocycles. The number of nitrogen functional groups attached to an aromatic ring is 1. The van der Waals surface area contributed by atoms with Crippen LogP contribution in [0.25, 0.3) is 11.1 Å². The molecule has 2 aromatic carbocycles. The summed E-state index contributed by atoms with van der Waals surface area (Å²) < 4.78 is 13.3. The van der Waals surface area contributed by atoms with E-state index in [-0.39, 0.29) is 11.5 Å². The van der Waals surface area contributed by atoms with Gasteiger partial charge in [0, 0.05) is 0 Å². The summed E-state index contributed by atoms with van der Waals surface area (Å²) in [6.07, 6.45) is 0. The minimum absolute atomic E-state index is 0.187. The lowest BCUT2D eigenvalue weighted by Crippen LogP contribution is -1.91. The first-order chi connectivity index (χ1) is 7.18. The summed E-state index contributed by atoms with van der Waals surface area (Å²) in [6.45, 7) is 2.00. The Hall–Kier alpha value is -1.83. The van der Waals surface area contributed by atoms with Gasteiger partial charge in [-0.25, -0.2) is 4.39 Å². The third-order valence-electron chi connectivity index (χ3n) is 2.46. The van der Waals surface area contributed by atoms with Crippen LogP contribution in [0, 0.1) is 12.7 Å². The molecule has 0 aliphatic rings. The minimum atomic E-state index is -0.365. The average Bonchev–Trinajstić information content (AvgIpc) is 2.23. The SMILES string of the molecule is Cc1ccccc1-c1ccc(N)c(F)c1. The standard InChI is InChI=1S/C13H12FN/c1-9-4-2-3-5-11(9)10-6-7-13(15)12(14)8-10/h2-8H,15H2,1H3. The zero-order chi connectivity index (χ0) is 10.8. The van der Waals surface area contributed by atoms with Crippen molar-refractivity contribution in [3.63, 3.8) is 0 Å². The summed E-state index contributed by atoms with van der Waals surface area (Å²) in [7, 11) is 0. The molecule has 1 nitrogen and oxygen atoms in total. The first kappa shape index (κ1) is 9.71. The Bertz CT molecular complexity index is 492. The van der Waals surface area contributed by atoms with E-state index < -0.39 is 0 Å². The predicted octanol–water partition coefficient (Wildman–Crippen LogP) is 3.38. The molecular weight excluding hydrogens is 189 g/mol. The second-order valence-corrected chi connectivity index (χ2v) is 3.55. The average molecular weight is 201 g/mol. The van der Waals surface area contributed by atoms with Crippen LogP contribution >= 0.6 is 0 Å². The van der Waals surface area contributed by atoms with Crippen molar-refractivity contribution in [2.24, 2.45) is 0 Å². The fourth-order valence-electron chi connectivity index (χ4n) is 1.59. The molecule has 0 aromatic heterocycles. The Balaban J connectivity index is 2.55. The Morgan fingerprint density at radius 3 is 2.47 bits per heavy atom. The second-order valence-electron chi connectivity index (χ2n) is 3.55. The molecule has 0 aliphatic carbocycles. The number of rotatable bonds is 1. The Kier molecular flexibility index (Phi) is 2.42. The fraction of sp³-hybridized carbons (Fsp3) is 0.0769. The molecule has 0 spiro atoms. The number of aryl methyl sites for hydroxylation is 1. The highest BCUT2D eigenvalue weighted by molar-refractivity contribution is 5.68. The highest BCUT2D eigenvalue weighted by Crippen LogP contribution is 2.25. The van der Waals surface area contributed by atoms with Crippen molar-refractivity contribution in [2.75, 3.05) is 5.73 Å². The maximum absolute atomic E-state index is 13.3. The van der Waals surface area contributed by atoms with Gasteiger partial charge >= 0.3 is 0 Å². The topological polar surface area (TPSA) is 26.0 Å². The molecule has 0 atom stereocenters. The molecular formula is C13H12FN. The molecule has 0 unspecified atom stereocenters. The smallest absolute Gasteiger partial charge is 0.146 e. The van der Waals surface area contributed by atoms with Gasteiger partial charge in [-0.3, -0.25) is 0 Å². The van der Waals surface area contributed by atoms with Crippen molar-refractivity contribution in [1.82, 2.24) is 0 Å². The monoisotopic (exact) mass is 201 g/mol. The van der Waals surface area contributed by atoms with E-state index in [1.807, 2.05) is 37.3 Å². The van der Waals surface area contributed by atoms with Crippen molar-refractivity contribution in [2.45, 2.75) is 6.92 Å². The Labute approximate surface area is 88.4 Å². The molecule has 76 valence electrons. The maximum atomic E-state index is 13.3. The molecule has 15 heavy (non-hydrogen) atoms. The summed E-state index contributed by atoms with van der Waals surface area (Å²) in [4.78, 5) is 0. The minimum Gasteiger partial charge on any atom is -0.396 e. The van der Waals surface area contributed by atoms with Gasteiger partial charge < -0.3 is 5.73 Å². The third-order valence-corrected chi connectivity index (χ3v) is 2.46. The highest BCUT2D eigenvalue weighted by atomic mass is 19.1. The van der Waals surface area contributed by atoms with E-state index >= 15 is 0 Å². The highest BCUT2D eigenvalue weighted by Gasteiger charge is 2.03. The van der Waals surface area contributed by atoms with E-state index in [0.717, 1.165) is 16.7 Å². The van der Waals surface area contributed by atoms with Gasteiger partial charge in [-0.15, -0.1) is 0 Å². The summed E-state index contributed by atoms with van der Waals surface area (Å²) in [6, 6.07) is 12.8. The van der Waals surface area contributed by atoms with Crippen LogP contribution in [0.1, 0.15) is 5.56 Å². The van der Waals surface area contributed by atoms with E-state index in [2.05, 4.69) is 0 Å². The molecule has 2 heteroatoms. The largest absolute Gasteiger partial charge is 0.396 e. The van der Waals surface area contributed by atoms with Gasteiger partial charge in [0.2, 0.25) is 0 Å². The van der Waals surface area contributed by atoms with E-state index in [1.54, 1.807) is 6.07 Å². The molecule has 0 fully saturated rings. The predicted molar refractivity (Wildman–Crippen MR) is 61.0 cm³/mol. The first-order valence-corrected chi connectivity index (χ1v) is 4.79. The van der Waals surface area contributed by atoms with E-state index in [0.29, 0.717) is 0 Å². The Morgan fingerprint density at radius 1 is 1.07 bits per heavy atom. The number of halogens is 1. The molecule has 0 radical (unpaired) electrons. The number of anilines is 1. The molecule has 2 aromatic rings. The molecule has 0 amide bonds. The van der Waals surface area contributed by atoms with Crippen molar-refractivity contribution < 1.29 is 4.39 Å². The first-order valence-electron chi connectivity index (χ1n) is 4.79. The number of benzene rings is 2. The van der Waals surface area contributed by atoms with Crippen LogP contribution in [0.4, 0.5) is 10.1 Å². The van der Waals surface area contributed by atoms with Crippen LogP contribution < -0.4 is 5.73 Å². The van der Waals surface area contributed by atoms with Crippen LogP contribution in [0.3, 0.4) is 0 Å². The quantitative estimate of drug-likeness (QED) is 0.703. The van der Waals surface area contributed by atoms with Crippen LogP contribution in [0.2, 0.25) is 0 Å². The second kappa shape index (κ2) is 3.73. The summed E-state index contributed by atoms with van der Waals surface area (Å²) >= 11 is 0. The van der Waals surface area contributed by atoms with Crippen molar-refractivity contribution in [3.05, 3.63) is 53.8 Å². The van der Waals surface area contributed by atoms with Crippen LogP contribution in [0.5, 0.6) is 0 Å². The molecule has 2 N–H and O–H groups in total. The zero-order valence-electron chi connectivity index (χ0n) is 8.50. The maximum Gasteiger partial charge on any atom is 0.146 e. The summed E-state index contributed by atoms with van der Waals surface area (Å²) in [5.74, 6) is -0.365. The zero-order valence-corrected chi connectivity index (χ0v) is 8.50. The van der Waals surface area contributed by atoms with Crippen molar-refractivity contribution in [3.8, 4) is 11.1 Å². The van der Waals surface area contributed by atoms with Gasteiger partial charge in [0.05, 0.1) is 5.69 Å². The normalized spacial score (nSPS) is 10.3. The van der Waals surface area contributed by atoms with E-state index in [4.69, 9.17) is 5.73 Å². The van der Waals surface area contributed by atoms with Gasteiger partial charge in [-0.05, 0) is 35.7 Å². The third kappa shape index (κ3) is 1.84. The lowest BCUT2D eigenvalue weighted by molar-refractivity contribution is 0.633. The van der Waals surface area contributed by atoms with Gasteiger partial charge in [0.15, 0.2) is 0 Å². The van der Waals surface area contributed by atoms with Crippen molar-refractivity contribution >= 4 is 5.69 Å². The Morgan fingerprint density at radius 2 is 1.80 bits per heavy atom. The number of hydrogen-bond donors (Lipinski definition) is 1. The molecule has 0 heterocycles. The lowest BCUT2D eigenvalue weighted by atomic mass is 10.0. The molecule has 0 saturated carbocycles. The number of hydrogen-bond acceptors (Lipinski definition) is 1. The van der Waals surface area contributed by atoms with Gasteiger partial charge in [0.25, 0.3) is 0 Å². The number of nitrogens with two attached hydrogens (primary N) is 1. The van der Waals surface area contributed by atoms with Crippen LogP contribution in [-0.2, 0) is 0 Å². The van der Waals surface area contributed by atoms with Gasteiger partial charge in [-0.2, -0.15) is 0 Å². The van der Waals surface area contributed by atoms with Gasteiger partial charge in [0.1, 0.15) is 5.82 Å². The summed E-state index contributed by atoms with van der Waals surface area (Å²) in [5.41, 5.74) is 8.64. The van der Waals surface area contributed by atoms with E-state index in [1.165, 1.54) is 6.07 Å². The molecule has 2 rings (SSSR count). The molecule has 0 bridgehead atoms. The lowest BCUT2D eigenvalue weighted by Gasteiger charge is -2.06. The van der Waals surface area contributed by atoms with Gasteiger partial charge in [-0.1, -0.05) is 30.3 Å². The van der Waals surface area contributed by atoms with Crippen molar-refractivity contribution in [1.29, 1.82) is 0 Å². The van der Waals surface area contributed by atoms with Crippen LogP contribution in [-0.4, -0.2) is 0 Å².